The molecule has 6 N–H and O–H groups in total. The number of nitrogens with one attached hydrogen (secondary N) is 5. The van der Waals surface area contributed by atoms with Gasteiger partial charge in [0.1, 0.15) is 23.1 Å². The van der Waals surface area contributed by atoms with Gasteiger partial charge in [0.2, 0.25) is 0 Å². The standard InChI is InChI=1S/C20H23F2N3O2.C19H20F3N3O.C19H21F2N3O.C19H23N3O.C18H20ClN3O/c1-18(2)14-8-9-19(18,15-7-5-4-6-12(14)15)24-17(27)13-10-23-25(3)16(13)20(21,22)11-26;1-17(2)13-8-9-18(17,14-7-5-4-6-11(13)14)24-16(26)12-10-23-25(3)15(12)19(20,21)22;1-18(2)13-8-9-19(18,14-7-5-4-6-11(13)14)23-17(25)12-10-22-24(3)15(12)16(20)21;1-12-14(11-22(4)21-12)17(23)20-19-10-9-15(18(19,2)3)13-7-5-6-8-16(13)19;1-17(2)13-8-9-18(17,14-7-5-4-6-11(13)14)21-16(23)12-10-20-22(3)15(12)19/h4-7,10,14,26H,8-9,11H2,1-3H3,(H,24,27);4-7,10,13H,8-9H2,1-3H3,(H,24,26);4-7,10,13,16H,8-9H2,1-3H3,(H,23,25);5-8,11,15H,9-10H2,1-4H3,(H,20,23);4-7,10,13H,8-9H2,1-3H3,(H,21,23). The number of carbonyl (C=O) groups excluding carboxylic acids is 5. The van der Waals surface area contributed by atoms with Crippen LogP contribution < -0.4 is 26.6 Å². The van der Waals surface area contributed by atoms with Gasteiger partial charge in [0.15, 0.2) is 5.69 Å². The predicted octanol–water partition coefficient (Wildman–Crippen LogP) is 17.8. The van der Waals surface area contributed by atoms with E-state index >= 15 is 0 Å². The number of fused-ring (bicyclic) bond motifs is 25. The van der Waals surface area contributed by atoms with Crippen LogP contribution in [0.5, 0.6) is 0 Å². The first-order valence-corrected chi connectivity index (χ1v) is 42.8. The van der Waals surface area contributed by atoms with E-state index in [2.05, 4.69) is 188 Å². The first-order chi connectivity index (χ1) is 58.3. The van der Waals surface area contributed by atoms with Crippen LogP contribution in [0.25, 0.3) is 0 Å². The third kappa shape index (κ3) is 12.6. The van der Waals surface area contributed by atoms with Crippen molar-refractivity contribution in [2.45, 2.75) is 216 Å². The van der Waals surface area contributed by atoms with Gasteiger partial charge >= 0.3 is 12.1 Å². The Morgan fingerprint density at radius 1 is 0.411 bits per heavy atom. The Bertz CT molecular complexity index is 5860. The van der Waals surface area contributed by atoms with E-state index in [9.17, 15) is 54.7 Å². The molecule has 0 spiro atoms. The van der Waals surface area contributed by atoms with Crippen molar-refractivity contribution in [2.24, 2.45) is 62.3 Å². The smallest absolute Gasteiger partial charge is 0.390 e. The summed E-state index contributed by atoms with van der Waals surface area (Å²) in [5, 5.41) is 45.1. The van der Waals surface area contributed by atoms with Crippen molar-refractivity contribution in [3.05, 3.63) is 264 Å². The topological polar surface area (TPSA) is 255 Å². The van der Waals surface area contributed by atoms with Gasteiger partial charge in [0, 0.05) is 41.4 Å². The Morgan fingerprint density at radius 3 is 0.968 bits per heavy atom. The van der Waals surface area contributed by atoms with E-state index in [4.69, 9.17) is 16.7 Å². The molecule has 5 aromatic carbocycles. The van der Waals surface area contributed by atoms with Gasteiger partial charge in [-0.3, -0.25) is 47.4 Å². The van der Waals surface area contributed by atoms with Crippen LogP contribution in [0, 0.1) is 34.0 Å². The normalized spacial score (nSPS) is 26.3. The highest BCUT2D eigenvalue weighted by atomic mass is 35.5. The number of alkyl halides is 7. The number of hydrogen-bond acceptors (Lipinski definition) is 11. The molecule has 5 amide bonds. The van der Waals surface area contributed by atoms with Gasteiger partial charge in [0.05, 0.1) is 86.0 Å². The Hall–Kier alpha value is -10.7. The monoisotopic (exact) mass is 1720 g/mol. The molecule has 10 aliphatic carbocycles. The largest absolute Gasteiger partial charge is 0.433 e. The maximum atomic E-state index is 14.2. The third-order valence-electron chi connectivity index (χ3n) is 31.5. The molecular weight excluding hydrogens is 1620 g/mol. The minimum absolute atomic E-state index is 0.0129. The molecule has 10 unspecified atom stereocenters. The molecule has 0 radical (unpaired) electrons. The summed E-state index contributed by atoms with van der Waals surface area (Å²) in [5.41, 5.74) is 8.46. The molecule has 10 bridgehead atoms. The average molecular weight is 1720 g/mol. The quantitative estimate of drug-likeness (QED) is 0.0592. The lowest BCUT2D eigenvalue weighted by Gasteiger charge is -2.40. The van der Waals surface area contributed by atoms with E-state index in [1.807, 2.05) is 74.8 Å². The van der Waals surface area contributed by atoms with Gasteiger partial charge < -0.3 is 31.7 Å². The fraction of sp³-hybridized carbons (Fsp3) is 0.474. The highest BCUT2D eigenvalue weighted by Gasteiger charge is 2.68. The average Bonchev–Trinajstić information content (AvgIpc) is 1.55. The first kappa shape index (κ1) is 86.8. The van der Waals surface area contributed by atoms with Gasteiger partial charge in [-0.05, 0) is 183 Å². The molecule has 654 valence electrons. The number of rotatable bonds is 13. The van der Waals surface area contributed by atoms with Crippen molar-refractivity contribution < 1.29 is 59.8 Å². The molecule has 5 heterocycles. The summed E-state index contributed by atoms with van der Waals surface area (Å²) in [6, 6.07) is 41.2. The molecule has 10 atom stereocenters. The van der Waals surface area contributed by atoms with Gasteiger partial charge in [0.25, 0.3) is 36.0 Å². The Labute approximate surface area is 721 Å². The number of aliphatic hydroxyl groups is 1. The lowest BCUT2D eigenvalue weighted by Crippen LogP contribution is -2.51. The highest BCUT2D eigenvalue weighted by molar-refractivity contribution is 6.32. The van der Waals surface area contributed by atoms with Crippen molar-refractivity contribution >= 4 is 41.1 Å². The first-order valence-electron chi connectivity index (χ1n) is 42.5. The van der Waals surface area contributed by atoms with Crippen LogP contribution in [0.1, 0.15) is 300 Å². The zero-order valence-electron chi connectivity index (χ0n) is 72.7. The number of aliphatic hydroxyl groups excluding tert-OH is 1. The van der Waals surface area contributed by atoms with E-state index in [0.717, 1.165) is 108 Å². The van der Waals surface area contributed by atoms with Crippen LogP contribution >= 0.6 is 11.6 Å². The Kier molecular flexibility index (Phi) is 21.0. The van der Waals surface area contributed by atoms with Gasteiger partial charge in [-0.25, -0.2) is 8.78 Å². The molecule has 124 heavy (non-hydrogen) atoms. The minimum Gasteiger partial charge on any atom is -0.390 e. The maximum Gasteiger partial charge on any atom is 0.433 e. The lowest BCUT2D eigenvalue weighted by atomic mass is 9.74. The number of hydrogen-bond donors (Lipinski definition) is 6. The lowest BCUT2D eigenvalue weighted by molar-refractivity contribution is -0.144. The molecule has 21 nitrogen and oxygen atoms in total. The second-order valence-electron chi connectivity index (χ2n) is 38.4. The summed E-state index contributed by atoms with van der Waals surface area (Å²) in [6.07, 6.45) is 8.66. The van der Waals surface area contributed by atoms with Crippen LogP contribution in [-0.2, 0) is 75.0 Å². The van der Waals surface area contributed by atoms with E-state index in [1.165, 1.54) is 77.2 Å². The van der Waals surface area contributed by atoms with Crippen LogP contribution in [0.15, 0.2) is 152 Å². The number of aryl methyl sites for hydroxylation is 6. The number of benzene rings is 5. The van der Waals surface area contributed by atoms with Crippen molar-refractivity contribution in [1.82, 2.24) is 75.5 Å². The number of amides is 5. The molecule has 0 saturated heterocycles. The molecule has 5 saturated carbocycles. The summed E-state index contributed by atoms with van der Waals surface area (Å²) >= 11 is 6.20. The maximum absolute atomic E-state index is 14.2. The molecule has 10 aliphatic rings. The van der Waals surface area contributed by atoms with Crippen LogP contribution in [0.2, 0.25) is 5.15 Å². The second-order valence-corrected chi connectivity index (χ2v) is 38.7. The molecule has 5 fully saturated rings. The summed E-state index contributed by atoms with van der Waals surface area (Å²) < 4.78 is 101. The highest BCUT2D eigenvalue weighted by Crippen LogP contribution is 2.71. The zero-order valence-corrected chi connectivity index (χ0v) is 73.4. The van der Waals surface area contributed by atoms with E-state index in [-0.39, 0.29) is 72.7 Å². The minimum atomic E-state index is -4.64. The van der Waals surface area contributed by atoms with Crippen molar-refractivity contribution in [3.63, 3.8) is 0 Å². The van der Waals surface area contributed by atoms with Gasteiger partial charge in [-0.1, -0.05) is 202 Å². The molecule has 10 aromatic rings. The van der Waals surface area contributed by atoms with Crippen molar-refractivity contribution in [1.29, 1.82) is 0 Å². The molecule has 29 heteroatoms. The number of halogens is 8. The Balaban J connectivity index is 0.000000115. The molecular formula is C95H107ClF7N15O6. The summed E-state index contributed by atoms with van der Waals surface area (Å²) in [5.74, 6) is -3.51. The second kappa shape index (κ2) is 30.0. The van der Waals surface area contributed by atoms with Crippen LogP contribution in [0.3, 0.4) is 0 Å². The van der Waals surface area contributed by atoms with E-state index in [1.54, 1.807) is 11.7 Å². The fourth-order valence-electron chi connectivity index (χ4n) is 24.9. The number of nitrogens with zero attached hydrogens (tertiary/aromatic N) is 10. The number of carbonyl (C=O) groups is 5. The Morgan fingerprint density at radius 2 is 0.677 bits per heavy atom. The molecule has 5 aromatic heterocycles. The van der Waals surface area contributed by atoms with Crippen molar-refractivity contribution in [2.75, 3.05) is 6.61 Å². The van der Waals surface area contributed by atoms with Gasteiger partial charge in [-0.15, -0.1) is 0 Å². The van der Waals surface area contributed by atoms with Gasteiger partial charge in [-0.2, -0.15) is 47.4 Å². The predicted molar refractivity (Wildman–Crippen MR) is 453 cm³/mol. The fourth-order valence-corrected chi connectivity index (χ4v) is 25.1. The van der Waals surface area contributed by atoms with E-state index in [0.29, 0.717) is 44.6 Å². The zero-order chi connectivity index (χ0) is 89.3. The third-order valence-corrected chi connectivity index (χ3v) is 31.9. The van der Waals surface area contributed by atoms with Crippen LogP contribution in [0.4, 0.5) is 30.7 Å². The summed E-state index contributed by atoms with van der Waals surface area (Å²) in [6.45, 7) is 22.3. The van der Waals surface area contributed by atoms with E-state index < -0.39 is 76.4 Å². The van der Waals surface area contributed by atoms with Crippen LogP contribution in [-0.4, -0.2) is 90.2 Å². The van der Waals surface area contributed by atoms with Crippen molar-refractivity contribution in [3.8, 4) is 0 Å². The SMILES string of the molecule is Cc1nn(C)cc1C(=O)NC12CCC(c3ccccc31)C2(C)C.Cn1ncc(C(=O)NC23CCC(c4ccccc42)C3(C)C)c1C(F)(F)CO.Cn1ncc(C(=O)NC23CCC(c4ccccc42)C3(C)C)c1C(F)(F)F.Cn1ncc(C(=O)NC23CCC(c4ccccc42)C3(C)C)c1C(F)F.Cn1ncc(C(=O)NC23CCC(c4ccccc42)C3(C)C)c1Cl. The summed E-state index contributed by atoms with van der Waals surface area (Å²) in [4.78, 5) is 64.7. The number of aromatic nitrogens is 10. The molecule has 0 aliphatic heterocycles. The molecule has 20 rings (SSSR count). The summed E-state index contributed by atoms with van der Waals surface area (Å²) in [7, 11) is 7.55.